The Morgan fingerprint density at radius 1 is 1.15 bits per heavy atom. The minimum absolute atomic E-state index is 0.0775. The van der Waals surface area contributed by atoms with Crippen LogP contribution in [0.15, 0.2) is 48.5 Å². The molecule has 1 saturated heterocycles. The monoisotopic (exact) mass is 454 g/mol. The third kappa shape index (κ3) is 6.40. The number of benzene rings is 2. The van der Waals surface area contributed by atoms with Gasteiger partial charge in [0.2, 0.25) is 0 Å². The molecule has 0 radical (unpaired) electrons. The zero-order valence-corrected chi connectivity index (χ0v) is 19.9. The van der Waals surface area contributed by atoms with Gasteiger partial charge in [0.05, 0.1) is 12.6 Å². The zero-order valence-electron chi connectivity index (χ0n) is 19.9. The van der Waals surface area contributed by atoms with Crippen LogP contribution in [0, 0.1) is 6.92 Å². The Morgan fingerprint density at radius 3 is 2.52 bits per heavy atom. The Kier molecular flexibility index (Phi) is 7.84. The lowest BCUT2D eigenvalue weighted by molar-refractivity contribution is -0.152. The molecule has 1 aliphatic heterocycles. The molecule has 1 aliphatic rings. The normalized spacial score (nSPS) is 16.2. The molecule has 7 nitrogen and oxygen atoms in total. The van der Waals surface area contributed by atoms with E-state index >= 15 is 0 Å². The maximum atomic E-state index is 13.0. The first-order valence-electron chi connectivity index (χ1n) is 11.5. The summed E-state index contributed by atoms with van der Waals surface area (Å²) in [6.45, 7) is 9.59. The smallest absolute Gasteiger partial charge is 0.347 e. The molecule has 2 aromatic rings. The number of carboxylic acid groups (broad SMARTS) is 1. The van der Waals surface area contributed by atoms with Gasteiger partial charge in [-0.15, -0.1) is 0 Å². The number of carbonyl (C=O) groups excluding carboxylic acids is 1. The first-order chi connectivity index (χ1) is 15.7. The Bertz CT molecular complexity index is 957. The van der Waals surface area contributed by atoms with Crippen LogP contribution in [0.4, 0.5) is 4.79 Å². The Hall–Kier alpha value is -3.22. The predicted octanol–water partition coefficient (Wildman–Crippen LogP) is 4.72. The average molecular weight is 455 g/mol. The maximum Gasteiger partial charge on any atom is 0.347 e. The number of aliphatic carboxylic acids is 1. The number of carboxylic acids is 1. The standard InChI is InChI=1S/C26H34N2O5/c1-5-14-28-21(18-27(25(28)31)17-20-11-9-19(2)10-12-20)13-15-32-22-7-6-8-23(16-22)33-26(3,4)24(29)30/h6-12,16,21H,5,13-15,17-18H2,1-4H3,(H,29,30). The van der Waals surface area contributed by atoms with Crippen molar-refractivity contribution in [2.75, 3.05) is 19.7 Å². The molecule has 1 unspecified atom stereocenters. The van der Waals surface area contributed by atoms with Crippen LogP contribution in [0.5, 0.6) is 11.5 Å². The van der Waals surface area contributed by atoms with Gasteiger partial charge in [-0.3, -0.25) is 0 Å². The van der Waals surface area contributed by atoms with Crippen LogP contribution in [-0.2, 0) is 11.3 Å². The third-order valence-corrected chi connectivity index (χ3v) is 5.76. The number of amides is 2. The van der Waals surface area contributed by atoms with Gasteiger partial charge in [-0.25, -0.2) is 9.59 Å². The van der Waals surface area contributed by atoms with Gasteiger partial charge >= 0.3 is 12.0 Å². The van der Waals surface area contributed by atoms with Crippen molar-refractivity contribution in [3.8, 4) is 11.5 Å². The first kappa shape index (κ1) is 24.4. The van der Waals surface area contributed by atoms with Crippen molar-refractivity contribution in [3.63, 3.8) is 0 Å². The largest absolute Gasteiger partial charge is 0.493 e. The van der Waals surface area contributed by atoms with Gasteiger partial charge in [0.15, 0.2) is 5.60 Å². The van der Waals surface area contributed by atoms with Crippen molar-refractivity contribution in [3.05, 3.63) is 59.7 Å². The van der Waals surface area contributed by atoms with Crippen LogP contribution in [0.25, 0.3) is 0 Å². The number of nitrogens with zero attached hydrogens (tertiary/aromatic N) is 2. The quantitative estimate of drug-likeness (QED) is 0.531. The van der Waals surface area contributed by atoms with E-state index in [4.69, 9.17) is 9.47 Å². The summed E-state index contributed by atoms with van der Waals surface area (Å²) in [5.41, 5.74) is 1.00. The highest BCUT2D eigenvalue weighted by atomic mass is 16.5. The fourth-order valence-electron chi connectivity index (χ4n) is 3.86. The SMILES string of the molecule is CCCN1C(=O)N(Cc2ccc(C)cc2)CC1CCOc1cccc(OC(C)(C)C(=O)O)c1. The van der Waals surface area contributed by atoms with Crippen molar-refractivity contribution < 1.29 is 24.2 Å². The first-order valence-corrected chi connectivity index (χ1v) is 11.5. The van der Waals surface area contributed by atoms with Gasteiger partial charge in [0.1, 0.15) is 11.5 Å². The van der Waals surface area contributed by atoms with Crippen molar-refractivity contribution in [1.29, 1.82) is 0 Å². The van der Waals surface area contributed by atoms with E-state index in [1.54, 1.807) is 18.2 Å². The van der Waals surface area contributed by atoms with Gasteiger partial charge in [0, 0.05) is 32.1 Å². The summed E-state index contributed by atoms with van der Waals surface area (Å²) in [5, 5.41) is 9.26. The number of ether oxygens (including phenoxy) is 2. The molecule has 0 aliphatic carbocycles. The molecule has 0 aromatic heterocycles. The summed E-state index contributed by atoms with van der Waals surface area (Å²) < 4.78 is 11.5. The van der Waals surface area contributed by atoms with Gasteiger partial charge < -0.3 is 24.4 Å². The lowest BCUT2D eigenvalue weighted by Gasteiger charge is -2.23. The molecule has 1 atom stereocenters. The Balaban J connectivity index is 1.58. The molecular formula is C26H34N2O5. The second-order valence-corrected chi connectivity index (χ2v) is 9.03. The molecule has 178 valence electrons. The van der Waals surface area contributed by atoms with Crippen molar-refractivity contribution in [2.45, 2.75) is 58.7 Å². The molecule has 7 heteroatoms. The summed E-state index contributed by atoms with van der Waals surface area (Å²) in [6.07, 6.45) is 1.61. The summed E-state index contributed by atoms with van der Waals surface area (Å²) in [4.78, 5) is 28.2. The van der Waals surface area contributed by atoms with Gasteiger partial charge in [-0.1, -0.05) is 42.8 Å². The second-order valence-electron chi connectivity index (χ2n) is 9.03. The molecule has 3 rings (SSSR count). The molecule has 0 spiro atoms. The minimum atomic E-state index is -1.33. The fourth-order valence-corrected chi connectivity index (χ4v) is 3.86. The molecule has 2 amide bonds. The summed E-state index contributed by atoms with van der Waals surface area (Å²) >= 11 is 0. The van der Waals surface area contributed by atoms with Gasteiger partial charge in [-0.05, 0) is 44.9 Å². The molecule has 2 aromatic carbocycles. The highest BCUT2D eigenvalue weighted by Gasteiger charge is 2.36. The summed E-state index contributed by atoms with van der Waals surface area (Å²) in [6, 6.07) is 15.4. The third-order valence-electron chi connectivity index (χ3n) is 5.76. The van der Waals surface area contributed by atoms with Crippen LogP contribution in [0.3, 0.4) is 0 Å². The number of hydrogen-bond donors (Lipinski definition) is 1. The van der Waals surface area contributed by atoms with Crippen LogP contribution in [0.1, 0.15) is 44.7 Å². The van der Waals surface area contributed by atoms with Crippen LogP contribution >= 0.6 is 0 Å². The van der Waals surface area contributed by atoms with E-state index in [9.17, 15) is 14.7 Å². The van der Waals surface area contributed by atoms with Crippen LogP contribution < -0.4 is 9.47 Å². The van der Waals surface area contributed by atoms with Gasteiger partial charge in [0.25, 0.3) is 0 Å². The Morgan fingerprint density at radius 2 is 1.85 bits per heavy atom. The maximum absolute atomic E-state index is 13.0. The molecule has 1 fully saturated rings. The zero-order chi connectivity index (χ0) is 24.0. The molecule has 33 heavy (non-hydrogen) atoms. The van der Waals surface area contributed by atoms with E-state index in [1.165, 1.54) is 19.4 Å². The van der Waals surface area contributed by atoms with Crippen molar-refractivity contribution >= 4 is 12.0 Å². The molecule has 1 heterocycles. The number of urea groups is 1. The van der Waals surface area contributed by atoms with Crippen LogP contribution in [0.2, 0.25) is 0 Å². The summed E-state index contributed by atoms with van der Waals surface area (Å²) in [5.74, 6) is 0.00956. The number of aryl methyl sites for hydroxylation is 1. The number of rotatable bonds is 11. The molecule has 1 N–H and O–H groups in total. The lowest BCUT2D eigenvalue weighted by atomic mass is 10.1. The number of hydrogen-bond acceptors (Lipinski definition) is 4. The van der Waals surface area contributed by atoms with E-state index in [2.05, 4.69) is 38.1 Å². The van der Waals surface area contributed by atoms with Gasteiger partial charge in [-0.2, -0.15) is 0 Å². The van der Waals surface area contributed by atoms with E-state index in [0.29, 0.717) is 37.6 Å². The molecule has 0 saturated carbocycles. The minimum Gasteiger partial charge on any atom is -0.493 e. The predicted molar refractivity (Wildman–Crippen MR) is 127 cm³/mol. The van der Waals surface area contributed by atoms with Crippen LogP contribution in [-0.4, -0.2) is 58.2 Å². The van der Waals surface area contributed by atoms with Crippen molar-refractivity contribution in [2.24, 2.45) is 0 Å². The van der Waals surface area contributed by atoms with E-state index < -0.39 is 11.6 Å². The molecule has 0 bridgehead atoms. The fraction of sp³-hybridized carbons (Fsp3) is 0.462. The lowest BCUT2D eigenvalue weighted by Crippen LogP contribution is -2.37. The highest BCUT2D eigenvalue weighted by Crippen LogP contribution is 2.25. The summed E-state index contributed by atoms with van der Waals surface area (Å²) in [7, 11) is 0. The average Bonchev–Trinajstić information content (AvgIpc) is 3.04. The van der Waals surface area contributed by atoms with E-state index in [-0.39, 0.29) is 12.1 Å². The van der Waals surface area contributed by atoms with E-state index in [0.717, 1.165) is 18.5 Å². The topological polar surface area (TPSA) is 79.3 Å². The number of carbonyl (C=O) groups is 2. The second kappa shape index (κ2) is 10.6. The van der Waals surface area contributed by atoms with E-state index in [1.807, 2.05) is 15.9 Å². The highest BCUT2D eigenvalue weighted by molar-refractivity contribution is 5.77. The van der Waals surface area contributed by atoms with Crippen molar-refractivity contribution in [1.82, 2.24) is 9.80 Å². The Labute approximate surface area is 195 Å². The molecular weight excluding hydrogens is 420 g/mol.